The van der Waals surface area contributed by atoms with E-state index in [0.29, 0.717) is 11.8 Å². The molecule has 0 aliphatic heterocycles. The lowest BCUT2D eigenvalue weighted by molar-refractivity contribution is 0.0831. The Morgan fingerprint density at radius 1 is 1.33 bits per heavy atom. The van der Waals surface area contributed by atoms with Crippen molar-refractivity contribution in [2.24, 2.45) is 11.8 Å². The largest absolute Gasteiger partial charge is 0.393 e. The van der Waals surface area contributed by atoms with E-state index in [1.165, 1.54) is 0 Å². The molecular formula is C7H15IO. The Kier molecular flexibility index (Phi) is 4.84. The molecule has 0 aliphatic carbocycles. The van der Waals surface area contributed by atoms with E-state index < -0.39 is 0 Å². The standard InChI is InChI=1S/C7H15IO/c1-5(2)7(9)6(3)4-8/h5-7,9H,4H2,1-3H3/t6-,7+/m0/s1/i4+2. The number of aliphatic hydroxyl groups is 1. The van der Waals surface area contributed by atoms with Crippen LogP contribution < -0.4 is 0 Å². The van der Waals surface area contributed by atoms with Gasteiger partial charge in [0.2, 0.25) is 0 Å². The third kappa shape index (κ3) is 3.40. The van der Waals surface area contributed by atoms with Gasteiger partial charge in [0.15, 0.2) is 0 Å². The number of alkyl halides is 1. The van der Waals surface area contributed by atoms with Gasteiger partial charge in [-0.2, -0.15) is 0 Å². The van der Waals surface area contributed by atoms with Gasteiger partial charge >= 0.3 is 0 Å². The maximum atomic E-state index is 9.39. The van der Waals surface area contributed by atoms with Crippen LogP contribution in [0.25, 0.3) is 0 Å². The normalized spacial score (nSPS) is 18.0. The second-order valence-corrected chi connectivity index (χ2v) is 3.75. The van der Waals surface area contributed by atoms with Crippen LogP contribution in [0.1, 0.15) is 20.8 Å². The van der Waals surface area contributed by atoms with Crippen molar-refractivity contribution in [2.45, 2.75) is 26.9 Å². The molecular weight excluding hydrogens is 229 g/mol. The van der Waals surface area contributed by atoms with Crippen molar-refractivity contribution in [3.8, 4) is 0 Å². The molecule has 1 nitrogen and oxygen atoms in total. The van der Waals surface area contributed by atoms with E-state index in [1.807, 2.05) is 13.8 Å². The zero-order valence-corrected chi connectivity index (χ0v) is 8.42. The first-order valence-corrected chi connectivity index (χ1v) is 4.86. The lowest BCUT2D eigenvalue weighted by Crippen LogP contribution is -2.24. The van der Waals surface area contributed by atoms with Gasteiger partial charge in [-0.3, -0.25) is 0 Å². The molecule has 0 amide bonds. The number of halogens is 1. The number of hydrogen-bond donors (Lipinski definition) is 1. The topological polar surface area (TPSA) is 20.2 Å². The van der Waals surface area contributed by atoms with Gasteiger partial charge in [-0.15, -0.1) is 0 Å². The predicted molar refractivity (Wildman–Crippen MR) is 48.9 cm³/mol. The van der Waals surface area contributed by atoms with Crippen molar-refractivity contribution < 1.29 is 5.11 Å². The van der Waals surface area contributed by atoms with Crippen LogP contribution >= 0.6 is 22.6 Å². The van der Waals surface area contributed by atoms with Crippen molar-refractivity contribution in [1.29, 1.82) is 0 Å². The molecule has 9 heavy (non-hydrogen) atoms. The Labute approximate surface area is 71.0 Å². The highest BCUT2D eigenvalue weighted by Crippen LogP contribution is 2.13. The van der Waals surface area contributed by atoms with Crippen molar-refractivity contribution in [3.63, 3.8) is 0 Å². The highest BCUT2D eigenvalue weighted by Gasteiger charge is 2.15. The van der Waals surface area contributed by atoms with Gasteiger partial charge in [0.05, 0.1) is 6.10 Å². The minimum atomic E-state index is -0.123. The van der Waals surface area contributed by atoms with Crippen LogP contribution in [-0.2, 0) is 0 Å². The fourth-order valence-corrected chi connectivity index (χ4v) is 1.27. The summed E-state index contributed by atoms with van der Waals surface area (Å²) in [5.41, 5.74) is 0. The molecule has 0 unspecified atom stereocenters. The van der Waals surface area contributed by atoms with E-state index in [9.17, 15) is 5.11 Å². The van der Waals surface area contributed by atoms with Gasteiger partial charge < -0.3 is 5.11 Å². The Morgan fingerprint density at radius 2 is 1.78 bits per heavy atom. The summed E-state index contributed by atoms with van der Waals surface area (Å²) in [6.07, 6.45) is -0.123. The summed E-state index contributed by atoms with van der Waals surface area (Å²) >= 11 is 2.30. The predicted octanol–water partition coefficient (Wildman–Crippen LogP) is 2.07. The second kappa shape index (κ2) is 4.50. The quantitative estimate of drug-likeness (QED) is 0.595. The summed E-state index contributed by atoms with van der Waals surface area (Å²) in [7, 11) is 0. The molecule has 1 N–H and O–H groups in total. The van der Waals surface area contributed by atoms with Gasteiger partial charge in [-0.25, -0.2) is 0 Å². The smallest absolute Gasteiger partial charge is 0.0595 e. The maximum Gasteiger partial charge on any atom is 0.0595 e. The van der Waals surface area contributed by atoms with E-state index in [1.54, 1.807) is 0 Å². The molecule has 0 saturated heterocycles. The SMILES string of the molecule is CC(C)[C@@H](O)[C@@H](C)[14CH2]I. The van der Waals surface area contributed by atoms with Crippen molar-refractivity contribution in [2.75, 3.05) is 4.43 Å². The van der Waals surface area contributed by atoms with E-state index in [0.717, 1.165) is 4.43 Å². The third-order valence-corrected chi connectivity index (χ3v) is 2.90. The number of hydrogen-bond acceptors (Lipinski definition) is 1. The molecule has 0 spiro atoms. The summed E-state index contributed by atoms with van der Waals surface area (Å²) in [5.74, 6) is 0.834. The summed E-state index contributed by atoms with van der Waals surface area (Å²) in [5, 5.41) is 9.39. The minimum Gasteiger partial charge on any atom is -0.393 e. The average molecular weight is 244 g/mol. The molecule has 0 saturated carbocycles. The van der Waals surface area contributed by atoms with Gasteiger partial charge in [0.1, 0.15) is 0 Å². The number of aliphatic hydroxyl groups excluding tert-OH is 1. The average Bonchev–Trinajstić information content (AvgIpc) is 1.84. The van der Waals surface area contributed by atoms with Crippen LogP contribution in [-0.4, -0.2) is 15.6 Å². The van der Waals surface area contributed by atoms with Crippen LogP contribution in [0.15, 0.2) is 0 Å². The van der Waals surface area contributed by atoms with Crippen LogP contribution in [0.5, 0.6) is 0 Å². The first-order chi connectivity index (χ1) is 4.09. The summed E-state index contributed by atoms with van der Waals surface area (Å²) < 4.78 is 1.04. The maximum absolute atomic E-state index is 9.39. The molecule has 0 aromatic rings. The van der Waals surface area contributed by atoms with Crippen LogP contribution in [0.4, 0.5) is 0 Å². The van der Waals surface area contributed by atoms with Gasteiger partial charge in [-0.1, -0.05) is 43.4 Å². The van der Waals surface area contributed by atoms with Crippen LogP contribution in [0, 0.1) is 11.8 Å². The molecule has 56 valence electrons. The van der Waals surface area contributed by atoms with Gasteiger partial charge in [0, 0.05) is 4.43 Å². The van der Waals surface area contributed by atoms with E-state index in [4.69, 9.17) is 0 Å². The summed E-state index contributed by atoms with van der Waals surface area (Å²) in [4.78, 5) is 0. The van der Waals surface area contributed by atoms with Crippen molar-refractivity contribution in [1.82, 2.24) is 0 Å². The van der Waals surface area contributed by atoms with Crippen molar-refractivity contribution in [3.05, 3.63) is 0 Å². The zero-order chi connectivity index (χ0) is 7.44. The minimum absolute atomic E-state index is 0.123. The Bertz CT molecular complexity index is 73.3. The Balaban J connectivity index is 3.58. The highest BCUT2D eigenvalue weighted by atomic mass is 127. The number of rotatable bonds is 3. The molecule has 2 heteroatoms. The molecule has 0 bridgehead atoms. The van der Waals surface area contributed by atoms with E-state index >= 15 is 0 Å². The molecule has 0 aromatic carbocycles. The summed E-state index contributed by atoms with van der Waals surface area (Å²) in [6.45, 7) is 6.18. The fourth-order valence-electron chi connectivity index (χ4n) is 0.748. The van der Waals surface area contributed by atoms with Crippen LogP contribution in [0.2, 0.25) is 0 Å². The highest BCUT2D eigenvalue weighted by molar-refractivity contribution is 14.1. The van der Waals surface area contributed by atoms with Crippen LogP contribution in [0.3, 0.4) is 0 Å². The lowest BCUT2D eigenvalue weighted by Gasteiger charge is -2.19. The van der Waals surface area contributed by atoms with E-state index in [2.05, 4.69) is 29.5 Å². The summed E-state index contributed by atoms with van der Waals surface area (Å²) in [6, 6.07) is 0. The Hall–Kier alpha value is 0.690. The monoisotopic (exact) mass is 244 g/mol. The first-order valence-electron chi connectivity index (χ1n) is 3.33. The zero-order valence-electron chi connectivity index (χ0n) is 6.26. The molecule has 0 rings (SSSR count). The molecule has 0 aromatic heterocycles. The fraction of sp³-hybridized carbons (Fsp3) is 1.00. The molecule has 0 fully saturated rings. The van der Waals surface area contributed by atoms with Gasteiger partial charge in [-0.05, 0) is 11.8 Å². The molecule has 0 radical (unpaired) electrons. The lowest BCUT2D eigenvalue weighted by atomic mass is 10.0. The molecule has 2 atom stereocenters. The second-order valence-electron chi connectivity index (χ2n) is 2.87. The van der Waals surface area contributed by atoms with Gasteiger partial charge in [0.25, 0.3) is 0 Å². The molecule has 0 heterocycles. The molecule has 0 aliphatic rings. The Morgan fingerprint density at radius 3 is 1.89 bits per heavy atom. The van der Waals surface area contributed by atoms with Crippen molar-refractivity contribution >= 4 is 22.6 Å². The third-order valence-electron chi connectivity index (χ3n) is 1.51. The first kappa shape index (κ1) is 9.69. The van der Waals surface area contributed by atoms with E-state index in [-0.39, 0.29) is 6.10 Å².